The quantitative estimate of drug-likeness (QED) is 0.837. The molecule has 116 valence electrons. The Morgan fingerprint density at radius 2 is 1.71 bits per heavy atom. The minimum Gasteiger partial charge on any atom is -0.324 e. The molecule has 2 aromatic rings. The van der Waals surface area contributed by atoms with Gasteiger partial charge in [0.15, 0.2) is 0 Å². The van der Waals surface area contributed by atoms with Crippen molar-refractivity contribution in [3.8, 4) is 0 Å². The van der Waals surface area contributed by atoms with Crippen LogP contribution in [0.5, 0.6) is 0 Å². The molecule has 1 aliphatic heterocycles. The molecule has 3 nitrogen and oxygen atoms in total. The van der Waals surface area contributed by atoms with E-state index < -0.39 is 0 Å². The van der Waals surface area contributed by atoms with E-state index in [2.05, 4.69) is 47.6 Å². The molecule has 0 N–H and O–H groups in total. The van der Waals surface area contributed by atoms with Crippen molar-refractivity contribution in [1.82, 2.24) is 14.5 Å². The topological polar surface area (TPSA) is 21.1 Å². The molecule has 0 unspecified atom stereocenters. The van der Waals surface area contributed by atoms with Gasteiger partial charge in [-0.15, -0.1) is 12.4 Å². The maximum Gasteiger partial charge on any atom is 0.124 e. The van der Waals surface area contributed by atoms with Gasteiger partial charge in [-0.25, -0.2) is 4.98 Å². The summed E-state index contributed by atoms with van der Waals surface area (Å²) in [6.07, 6.45) is 5.44. The summed E-state index contributed by atoms with van der Waals surface area (Å²) in [5, 5.41) is 0. The van der Waals surface area contributed by atoms with Crippen molar-refractivity contribution in [3.63, 3.8) is 0 Å². The number of aromatic nitrogens is 2. The fraction of sp³-hybridized carbons (Fsp3) is 0.588. The average molecular weight is 308 g/mol. The summed E-state index contributed by atoms with van der Waals surface area (Å²) >= 11 is 0. The number of fused-ring (bicyclic) bond motifs is 1. The Labute approximate surface area is 133 Å². The highest BCUT2D eigenvalue weighted by Gasteiger charge is 2.16. The molecule has 0 saturated carbocycles. The number of likely N-dealkylation sites (tertiary alicyclic amines) is 1. The van der Waals surface area contributed by atoms with Crippen LogP contribution in [0.25, 0.3) is 11.0 Å². The monoisotopic (exact) mass is 307 g/mol. The third kappa shape index (κ3) is 3.58. The van der Waals surface area contributed by atoms with E-state index in [0.29, 0.717) is 6.04 Å². The van der Waals surface area contributed by atoms with Gasteiger partial charge in [0.25, 0.3) is 0 Å². The van der Waals surface area contributed by atoms with E-state index in [1.165, 1.54) is 50.1 Å². The third-order valence-corrected chi connectivity index (χ3v) is 4.25. The lowest BCUT2D eigenvalue weighted by Gasteiger charge is -2.21. The summed E-state index contributed by atoms with van der Waals surface area (Å²) in [6.45, 7) is 7.94. The zero-order chi connectivity index (χ0) is 13.9. The molecule has 3 rings (SSSR count). The lowest BCUT2D eigenvalue weighted by Crippen LogP contribution is -2.26. The fourth-order valence-corrected chi connectivity index (χ4v) is 3.28. The van der Waals surface area contributed by atoms with Crippen molar-refractivity contribution < 1.29 is 0 Å². The maximum atomic E-state index is 4.88. The number of nitrogens with zero attached hydrogens (tertiary/aromatic N) is 3. The second-order valence-electron chi connectivity index (χ2n) is 6.17. The predicted molar refractivity (Wildman–Crippen MR) is 91.1 cm³/mol. The average Bonchev–Trinajstić information content (AvgIpc) is 2.60. The van der Waals surface area contributed by atoms with E-state index in [9.17, 15) is 0 Å². The van der Waals surface area contributed by atoms with Gasteiger partial charge in [0, 0.05) is 6.04 Å². The van der Waals surface area contributed by atoms with Gasteiger partial charge in [-0.3, -0.25) is 4.90 Å². The number of halogens is 1. The summed E-state index contributed by atoms with van der Waals surface area (Å²) in [5.74, 6) is 1.23. The maximum absolute atomic E-state index is 4.88. The molecule has 2 heterocycles. The molecule has 1 aromatic carbocycles. The molecule has 0 radical (unpaired) electrons. The highest BCUT2D eigenvalue weighted by molar-refractivity contribution is 5.85. The molecule has 4 heteroatoms. The van der Waals surface area contributed by atoms with Gasteiger partial charge in [0.2, 0.25) is 0 Å². The van der Waals surface area contributed by atoms with Crippen LogP contribution in [-0.4, -0.2) is 27.5 Å². The SMILES string of the molecule is CC(C)n1c(CN2CCCCCC2)nc2ccccc21.Cl. The molecule has 0 aliphatic carbocycles. The van der Waals surface area contributed by atoms with Crippen molar-refractivity contribution >= 4 is 23.4 Å². The molecule has 1 saturated heterocycles. The Morgan fingerprint density at radius 1 is 1.05 bits per heavy atom. The minimum atomic E-state index is 0. The van der Waals surface area contributed by atoms with E-state index in [1.807, 2.05) is 0 Å². The van der Waals surface area contributed by atoms with Crippen LogP contribution in [-0.2, 0) is 6.54 Å². The van der Waals surface area contributed by atoms with Gasteiger partial charge in [-0.1, -0.05) is 25.0 Å². The van der Waals surface area contributed by atoms with Crippen molar-refractivity contribution in [2.75, 3.05) is 13.1 Å². The van der Waals surface area contributed by atoms with Crippen molar-refractivity contribution in [3.05, 3.63) is 30.1 Å². The van der Waals surface area contributed by atoms with E-state index in [4.69, 9.17) is 4.98 Å². The van der Waals surface area contributed by atoms with Crippen LogP contribution in [0, 0.1) is 0 Å². The van der Waals surface area contributed by atoms with Crippen molar-refractivity contribution in [2.24, 2.45) is 0 Å². The second kappa shape index (κ2) is 7.28. The lowest BCUT2D eigenvalue weighted by atomic mass is 10.2. The number of rotatable bonds is 3. The van der Waals surface area contributed by atoms with E-state index in [1.54, 1.807) is 0 Å². The van der Waals surface area contributed by atoms with Crippen LogP contribution in [0.15, 0.2) is 24.3 Å². The largest absolute Gasteiger partial charge is 0.324 e. The second-order valence-corrected chi connectivity index (χ2v) is 6.17. The van der Waals surface area contributed by atoms with E-state index in [-0.39, 0.29) is 12.4 Å². The highest BCUT2D eigenvalue weighted by Crippen LogP contribution is 2.22. The van der Waals surface area contributed by atoms with Crippen LogP contribution in [0.3, 0.4) is 0 Å². The standard InChI is InChI=1S/C17H25N3.ClH/c1-14(2)20-16-10-6-5-9-15(16)18-17(20)13-19-11-7-3-4-8-12-19;/h5-6,9-10,14H,3-4,7-8,11-13H2,1-2H3;1H. The molecule has 0 bridgehead atoms. The number of imidazole rings is 1. The van der Waals surface area contributed by atoms with Gasteiger partial charge >= 0.3 is 0 Å². The van der Waals surface area contributed by atoms with Crippen LogP contribution in [0.4, 0.5) is 0 Å². The molecule has 0 amide bonds. The smallest absolute Gasteiger partial charge is 0.124 e. The van der Waals surface area contributed by atoms with Crippen LogP contribution in [0.1, 0.15) is 51.4 Å². The molecular weight excluding hydrogens is 282 g/mol. The molecule has 1 fully saturated rings. The van der Waals surface area contributed by atoms with Crippen LogP contribution in [0.2, 0.25) is 0 Å². The van der Waals surface area contributed by atoms with Gasteiger partial charge in [-0.05, 0) is 51.9 Å². The zero-order valence-corrected chi connectivity index (χ0v) is 13.9. The molecule has 1 aromatic heterocycles. The first-order chi connectivity index (χ1) is 9.75. The van der Waals surface area contributed by atoms with Gasteiger partial charge in [0.05, 0.1) is 17.6 Å². The summed E-state index contributed by atoms with van der Waals surface area (Å²) in [6, 6.07) is 8.97. The Bertz CT molecular complexity index is 568. The summed E-state index contributed by atoms with van der Waals surface area (Å²) < 4.78 is 2.40. The lowest BCUT2D eigenvalue weighted by molar-refractivity contribution is 0.265. The zero-order valence-electron chi connectivity index (χ0n) is 13.1. The Morgan fingerprint density at radius 3 is 2.38 bits per heavy atom. The molecule has 21 heavy (non-hydrogen) atoms. The minimum absolute atomic E-state index is 0. The number of benzene rings is 1. The fourth-order valence-electron chi connectivity index (χ4n) is 3.28. The number of hydrogen-bond donors (Lipinski definition) is 0. The first-order valence-corrected chi connectivity index (χ1v) is 7.94. The summed E-state index contributed by atoms with van der Waals surface area (Å²) in [5.41, 5.74) is 2.40. The molecule has 0 atom stereocenters. The molecule has 0 spiro atoms. The normalized spacial score (nSPS) is 16.9. The first kappa shape index (κ1) is 16.3. The number of hydrogen-bond acceptors (Lipinski definition) is 2. The van der Waals surface area contributed by atoms with Gasteiger partial charge < -0.3 is 4.57 Å². The molecule has 1 aliphatic rings. The summed E-state index contributed by atoms with van der Waals surface area (Å²) in [7, 11) is 0. The van der Waals surface area contributed by atoms with E-state index in [0.717, 1.165) is 12.1 Å². The summed E-state index contributed by atoms with van der Waals surface area (Å²) in [4.78, 5) is 7.46. The van der Waals surface area contributed by atoms with Gasteiger partial charge in [-0.2, -0.15) is 0 Å². The Balaban J connectivity index is 0.00000161. The van der Waals surface area contributed by atoms with E-state index >= 15 is 0 Å². The third-order valence-electron chi connectivity index (χ3n) is 4.25. The Hall–Kier alpha value is -1.06. The van der Waals surface area contributed by atoms with Crippen molar-refractivity contribution in [2.45, 2.75) is 52.1 Å². The van der Waals surface area contributed by atoms with Crippen LogP contribution < -0.4 is 0 Å². The Kier molecular flexibility index (Phi) is 5.65. The number of para-hydroxylation sites is 2. The first-order valence-electron chi connectivity index (χ1n) is 7.94. The van der Waals surface area contributed by atoms with Crippen LogP contribution >= 0.6 is 12.4 Å². The highest BCUT2D eigenvalue weighted by atomic mass is 35.5. The van der Waals surface area contributed by atoms with Crippen molar-refractivity contribution in [1.29, 1.82) is 0 Å². The molecular formula is C17H26ClN3. The predicted octanol–water partition coefficient (Wildman–Crippen LogP) is 4.42. The van der Waals surface area contributed by atoms with Gasteiger partial charge in [0.1, 0.15) is 5.82 Å².